The summed E-state index contributed by atoms with van der Waals surface area (Å²) in [5.74, 6) is -0.322. The standard InChI is InChI=1S/C14H14N2O4/c1-10(17)20-13(11-4-6-15-7-5-11)14(18)16-9-12-3-2-8-19-12/h2-8,13H,9H2,1H3,(H,16,18)/t13-/m1/s1. The molecule has 0 bridgehead atoms. The van der Waals surface area contributed by atoms with Crippen LogP contribution in [0.2, 0.25) is 0 Å². The molecule has 2 heterocycles. The van der Waals surface area contributed by atoms with Gasteiger partial charge in [0.2, 0.25) is 6.10 Å². The first kappa shape index (κ1) is 13.8. The first-order chi connectivity index (χ1) is 9.66. The Bertz CT molecular complexity index is 566. The van der Waals surface area contributed by atoms with E-state index in [-0.39, 0.29) is 6.54 Å². The van der Waals surface area contributed by atoms with Crippen LogP contribution in [-0.4, -0.2) is 16.9 Å². The molecule has 1 N–H and O–H groups in total. The zero-order valence-corrected chi connectivity index (χ0v) is 10.9. The molecule has 0 saturated heterocycles. The van der Waals surface area contributed by atoms with Crippen molar-refractivity contribution >= 4 is 11.9 Å². The highest BCUT2D eigenvalue weighted by atomic mass is 16.5. The zero-order valence-electron chi connectivity index (χ0n) is 10.9. The maximum atomic E-state index is 12.1. The van der Waals surface area contributed by atoms with E-state index in [1.54, 1.807) is 24.3 Å². The largest absolute Gasteiger partial charge is 0.467 e. The molecule has 0 aliphatic carbocycles. The van der Waals surface area contributed by atoms with E-state index in [0.717, 1.165) is 0 Å². The lowest BCUT2D eigenvalue weighted by atomic mass is 10.1. The van der Waals surface area contributed by atoms with E-state index in [9.17, 15) is 9.59 Å². The minimum absolute atomic E-state index is 0.231. The summed E-state index contributed by atoms with van der Waals surface area (Å²) < 4.78 is 10.2. The zero-order chi connectivity index (χ0) is 14.4. The quantitative estimate of drug-likeness (QED) is 0.837. The molecule has 6 heteroatoms. The minimum Gasteiger partial charge on any atom is -0.467 e. The number of nitrogens with one attached hydrogen (secondary N) is 1. The molecule has 2 rings (SSSR count). The minimum atomic E-state index is -0.995. The number of hydrogen-bond acceptors (Lipinski definition) is 5. The van der Waals surface area contributed by atoms with Gasteiger partial charge in [0.15, 0.2) is 0 Å². The number of esters is 1. The molecule has 2 aromatic rings. The van der Waals surface area contributed by atoms with Crippen LogP contribution in [0.1, 0.15) is 24.4 Å². The second-order valence-electron chi connectivity index (χ2n) is 4.07. The molecule has 104 valence electrons. The van der Waals surface area contributed by atoms with Crippen molar-refractivity contribution in [3.63, 3.8) is 0 Å². The molecule has 20 heavy (non-hydrogen) atoms. The lowest BCUT2D eigenvalue weighted by Gasteiger charge is -2.16. The van der Waals surface area contributed by atoms with Crippen LogP contribution >= 0.6 is 0 Å². The first-order valence-electron chi connectivity index (χ1n) is 6.04. The number of furan rings is 1. The predicted octanol–water partition coefficient (Wildman–Crippen LogP) is 1.60. The summed E-state index contributed by atoms with van der Waals surface area (Å²) in [5.41, 5.74) is 0.562. The molecule has 0 fully saturated rings. The van der Waals surface area contributed by atoms with Gasteiger partial charge in [-0.15, -0.1) is 0 Å². The number of nitrogens with zero attached hydrogens (tertiary/aromatic N) is 1. The highest BCUT2D eigenvalue weighted by molar-refractivity contribution is 5.84. The van der Waals surface area contributed by atoms with Crippen molar-refractivity contribution in [2.24, 2.45) is 0 Å². The monoisotopic (exact) mass is 274 g/mol. The lowest BCUT2D eigenvalue weighted by molar-refractivity contribution is -0.154. The van der Waals surface area contributed by atoms with E-state index in [1.807, 2.05) is 0 Å². The Labute approximate surface area is 115 Å². The van der Waals surface area contributed by atoms with Gasteiger partial charge >= 0.3 is 5.97 Å². The van der Waals surface area contributed by atoms with Crippen molar-refractivity contribution < 1.29 is 18.7 Å². The fourth-order valence-corrected chi connectivity index (χ4v) is 1.66. The van der Waals surface area contributed by atoms with Gasteiger partial charge in [0.25, 0.3) is 5.91 Å². The van der Waals surface area contributed by atoms with E-state index in [0.29, 0.717) is 11.3 Å². The number of aromatic nitrogens is 1. The maximum Gasteiger partial charge on any atom is 0.303 e. The van der Waals surface area contributed by atoms with Crippen LogP contribution in [0.4, 0.5) is 0 Å². The van der Waals surface area contributed by atoms with E-state index in [4.69, 9.17) is 9.15 Å². The second-order valence-corrected chi connectivity index (χ2v) is 4.07. The third-order valence-electron chi connectivity index (χ3n) is 2.55. The fourth-order valence-electron chi connectivity index (χ4n) is 1.66. The van der Waals surface area contributed by atoms with Gasteiger partial charge in [-0.1, -0.05) is 0 Å². The Kier molecular flexibility index (Phi) is 4.49. The van der Waals surface area contributed by atoms with E-state index in [1.165, 1.54) is 25.6 Å². The second kappa shape index (κ2) is 6.51. The van der Waals surface area contributed by atoms with Gasteiger partial charge in [0.1, 0.15) is 5.76 Å². The van der Waals surface area contributed by atoms with E-state index < -0.39 is 18.0 Å². The molecule has 0 unspecified atom stereocenters. The van der Waals surface area contributed by atoms with Gasteiger partial charge in [0, 0.05) is 24.9 Å². The molecule has 0 aliphatic heterocycles. The maximum absolute atomic E-state index is 12.1. The Hall–Kier alpha value is -2.63. The van der Waals surface area contributed by atoms with Crippen molar-refractivity contribution in [2.75, 3.05) is 0 Å². The number of amides is 1. The summed E-state index contributed by atoms with van der Waals surface area (Å²) in [7, 11) is 0. The van der Waals surface area contributed by atoms with Gasteiger partial charge in [-0.3, -0.25) is 14.6 Å². The number of rotatable bonds is 5. The molecule has 0 radical (unpaired) electrons. The third-order valence-corrected chi connectivity index (χ3v) is 2.55. The number of carbonyl (C=O) groups excluding carboxylic acids is 2. The molecule has 1 atom stereocenters. The van der Waals surface area contributed by atoms with Crippen molar-refractivity contribution in [1.29, 1.82) is 0 Å². The number of carbonyl (C=O) groups is 2. The van der Waals surface area contributed by atoms with Gasteiger partial charge in [-0.2, -0.15) is 0 Å². The summed E-state index contributed by atoms with van der Waals surface area (Å²) in [5, 5.41) is 2.66. The molecular weight excluding hydrogens is 260 g/mol. The molecule has 2 aromatic heterocycles. The summed E-state index contributed by atoms with van der Waals surface area (Å²) >= 11 is 0. The predicted molar refractivity (Wildman–Crippen MR) is 69.3 cm³/mol. The van der Waals surface area contributed by atoms with Crippen LogP contribution in [0.3, 0.4) is 0 Å². The summed E-state index contributed by atoms with van der Waals surface area (Å²) in [6, 6.07) is 6.72. The van der Waals surface area contributed by atoms with Gasteiger partial charge in [-0.05, 0) is 24.3 Å². The van der Waals surface area contributed by atoms with Crippen LogP contribution in [0.15, 0.2) is 47.3 Å². The topological polar surface area (TPSA) is 81.4 Å². The Morgan fingerprint density at radius 2 is 2.10 bits per heavy atom. The number of hydrogen-bond donors (Lipinski definition) is 1. The summed E-state index contributed by atoms with van der Waals surface area (Å²) in [6.45, 7) is 1.49. The van der Waals surface area contributed by atoms with Crippen LogP contribution in [-0.2, 0) is 20.9 Å². The highest BCUT2D eigenvalue weighted by Gasteiger charge is 2.23. The van der Waals surface area contributed by atoms with Crippen molar-refractivity contribution in [2.45, 2.75) is 19.6 Å². The first-order valence-corrected chi connectivity index (χ1v) is 6.04. The molecule has 0 spiro atoms. The van der Waals surface area contributed by atoms with Crippen molar-refractivity contribution in [3.8, 4) is 0 Å². The van der Waals surface area contributed by atoms with Gasteiger partial charge in [-0.25, -0.2) is 0 Å². The average Bonchev–Trinajstić information content (AvgIpc) is 2.96. The SMILES string of the molecule is CC(=O)O[C@@H](C(=O)NCc1ccco1)c1ccncc1. The van der Waals surface area contributed by atoms with Crippen LogP contribution in [0.5, 0.6) is 0 Å². The van der Waals surface area contributed by atoms with Crippen molar-refractivity contribution in [3.05, 3.63) is 54.2 Å². The smallest absolute Gasteiger partial charge is 0.303 e. The summed E-state index contributed by atoms with van der Waals surface area (Å²) in [6.07, 6.45) is 3.59. The normalized spacial score (nSPS) is 11.7. The molecule has 1 amide bonds. The number of ether oxygens (including phenoxy) is 1. The van der Waals surface area contributed by atoms with E-state index in [2.05, 4.69) is 10.3 Å². The Balaban J connectivity index is 2.06. The fraction of sp³-hybridized carbons (Fsp3) is 0.214. The molecule has 0 saturated carbocycles. The average molecular weight is 274 g/mol. The molecule has 6 nitrogen and oxygen atoms in total. The molecular formula is C14H14N2O4. The number of pyridine rings is 1. The van der Waals surface area contributed by atoms with E-state index >= 15 is 0 Å². The molecule has 0 aromatic carbocycles. The highest BCUT2D eigenvalue weighted by Crippen LogP contribution is 2.17. The lowest BCUT2D eigenvalue weighted by Crippen LogP contribution is -2.31. The summed E-state index contributed by atoms with van der Waals surface area (Å²) in [4.78, 5) is 27.1. The van der Waals surface area contributed by atoms with Crippen molar-refractivity contribution in [1.82, 2.24) is 10.3 Å². The third kappa shape index (κ3) is 3.68. The van der Waals surface area contributed by atoms with Crippen LogP contribution in [0.25, 0.3) is 0 Å². The Morgan fingerprint density at radius 3 is 2.70 bits per heavy atom. The van der Waals surface area contributed by atoms with Crippen LogP contribution in [0, 0.1) is 0 Å². The van der Waals surface area contributed by atoms with Crippen LogP contribution < -0.4 is 5.32 Å². The van der Waals surface area contributed by atoms with Gasteiger partial charge in [0.05, 0.1) is 12.8 Å². The van der Waals surface area contributed by atoms with Gasteiger partial charge < -0.3 is 14.5 Å². The Morgan fingerprint density at radius 1 is 1.35 bits per heavy atom. The molecule has 0 aliphatic rings.